The number of hydrogen-bond donors (Lipinski definition) is 3. The number of halogens is 1. The van der Waals surface area contributed by atoms with Gasteiger partial charge in [-0.2, -0.15) is 0 Å². The van der Waals surface area contributed by atoms with E-state index < -0.39 is 15.6 Å². The maximum atomic E-state index is 12.5. The molecule has 0 bridgehead atoms. The van der Waals surface area contributed by atoms with Crippen molar-refractivity contribution in [2.75, 3.05) is 32.9 Å². The summed E-state index contributed by atoms with van der Waals surface area (Å²) in [6, 6.07) is 0.243. The second kappa shape index (κ2) is 12.2. The highest BCUT2D eigenvalue weighted by molar-refractivity contribution is 14.0. The van der Waals surface area contributed by atoms with Gasteiger partial charge in [-0.05, 0) is 39.5 Å². The van der Waals surface area contributed by atoms with Crippen molar-refractivity contribution in [2.45, 2.75) is 65.0 Å². The van der Waals surface area contributed by atoms with Crippen LogP contribution in [0.25, 0.3) is 0 Å². The monoisotopic (exact) mass is 531 g/mol. The van der Waals surface area contributed by atoms with Crippen molar-refractivity contribution in [3.05, 3.63) is 0 Å². The number of sulfonamides is 1. The minimum Gasteiger partial charge on any atom is -0.355 e. The summed E-state index contributed by atoms with van der Waals surface area (Å²) in [6.07, 6.45) is 4.68. The van der Waals surface area contributed by atoms with Crippen molar-refractivity contribution in [2.24, 2.45) is 10.9 Å². The first kappa shape index (κ1) is 27.4. The second-order valence-electron chi connectivity index (χ2n) is 7.94. The lowest BCUT2D eigenvalue weighted by Crippen LogP contribution is -2.55. The molecule has 1 fully saturated rings. The smallest absolute Gasteiger partial charge is 0.225 e. The van der Waals surface area contributed by atoms with Crippen LogP contribution in [0.4, 0.5) is 0 Å². The number of carbonyl (C=O) groups is 1. The normalized spacial score (nSPS) is 16.7. The van der Waals surface area contributed by atoms with Crippen molar-refractivity contribution in [1.82, 2.24) is 20.3 Å². The highest BCUT2D eigenvalue weighted by atomic mass is 127. The van der Waals surface area contributed by atoms with Crippen molar-refractivity contribution in [3.63, 3.8) is 0 Å². The molecule has 0 radical (unpaired) electrons. The number of nitrogens with zero attached hydrogens (tertiary/aromatic N) is 2. The van der Waals surface area contributed by atoms with E-state index >= 15 is 0 Å². The molecule has 1 heterocycles. The Morgan fingerprint density at radius 2 is 1.75 bits per heavy atom. The lowest BCUT2D eigenvalue weighted by molar-refractivity contribution is -0.136. The number of hydrogen-bond acceptors (Lipinski definition) is 4. The molecule has 28 heavy (non-hydrogen) atoms. The van der Waals surface area contributed by atoms with Crippen molar-refractivity contribution < 1.29 is 13.2 Å². The van der Waals surface area contributed by atoms with Crippen LogP contribution in [0, 0.1) is 5.92 Å². The molecular formula is C18H38IN5O3S. The number of piperidine rings is 1. The van der Waals surface area contributed by atoms with Crippen LogP contribution in [-0.2, 0) is 14.8 Å². The van der Waals surface area contributed by atoms with Crippen molar-refractivity contribution >= 4 is 45.9 Å². The van der Waals surface area contributed by atoms with Gasteiger partial charge in [0.1, 0.15) is 0 Å². The first-order chi connectivity index (χ1) is 12.5. The van der Waals surface area contributed by atoms with Gasteiger partial charge >= 0.3 is 0 Å². The zero-order valence-electron chi connectivity index (χ0n) is 18.0. The lowest BCUT2D eigenvalue weighted by Gasteiger charge is -2.35. The third-order valence-corrected chi connectivity index (χ3v) is 5.79. The Kier molecular flexibility index (Phi) is 11.9. The van der Waals surface area contributed by atoms with E-state index in [1.165, 1.54) is 0 Å². The Morgan fingerprint density at radius 3 is 2.18 bits per heavy atom. The lowest BCUT2D eigenvalue weighted by atomic mass is 9.98. The fourth-order valence-corrected chi connectivity index (χ4v) is 4.45. The number of amides is 1. The Balaban J connectivity index is 0.00000729. The predicted molar refractivity (Wildman–Crippen MR) is 126 cm³/mol. The van der Waals surface area contributed by atoms with Gasteiger partial charge in [-0.1, -0.05) is 13.8 Å². The van der Waals surface area contributed by atoms with Crippen LogP contribution < -0.4 is 15.4 Å². The quantitative estimate of drug-likeness (QED) is 0.251. The summed E-state index contributed by atoms with van der Waals surface area (Å²) in [4.78, 5) is 18.7. The van der Waals surface area contributed by atoms with E-state index in [0.29, 0.717) is 12.5 Å². The molecule has 0 aromatic carbocycles. The third-order valence-electron chi connectivity index (χ3n) is 4.87. The molecule has 1 saturated heterocycles. The Bertz CT molecular complexity index is 613. The summed E-state index contributed by atoms with van der Waals surface area (Å²) in [5.41, 5.74) is -0.629. The summed E-state index contributed by atoms with van der Waals surface area (Å²) in [5.74, 6) is 1.05. The molecule has 166 valence electrons. The molecule has 0 aliphatic carbocycles. The third kappa shape index (κ3) is 9.73. The number of aliphatic imine (C=N–C) groups is 1. The molecule has 0 spiro atoms. The number of rotatable bonds is 8. The number of guanidine groups is 1. The summed E-state index contributed by atoms with van der Waals surface area (Å²) in [6.45, 7) is 9.68. The summed E-state index contributed by atoms with van der Waals surface area (Å²) >= 11 is 0. The minimum atomic E-state index is -3.28. The van der Waals surface area contributed by atoms with Crippen molar-refractivity contribution in [3.8, 4) is 0 Å². The minimum absolute atomic E-state index is 0. The fourth-order valence-electron chi connectivity index (χ4n) is 3.37. The standard InChI is InChI=1S/C18H37N5O3S.HI/c1-7-14(8-2)16(24)23-11-9-15(10-12-23)21-17(19-5)20-13-18(3,4)22-27(6,25)26;/h14-15,22H,7-13H2,1-6H3,(H2,19,20,21);1H. The average Bonchev–Trinajstić information content (AvgIpc) is 2.58. The van der Waals surface area contributed by atoms with Crippen LogP contribution in [0.2, 0.25) is 0 Å². The van der Waals surface area contributed by atoms with E-state index in [1.54, 1.807) is 7.05 Å². The maximum Gasteiger partial charge on any atom is 0.225 e. The van der Waals surface area contributed by atoms with Gasteiger partial charge in [0, 0.05) is 44.2 Å². The largest absolute Gasteiger partial charge is 0.355 e. The Labute approximate surface area is 187 Å². The SMILES string of the molecule is CCC(CC)C(=O)N1CCC(NC(=NC)NCC(C)(C)NS(C)(=O)=O)CC1.I. The highest BCUT2D eigenvalue weighted by Crippen LogP contribution is 2.17. The first-order valence-corrected chi connectivity index (χ1v) is 11.6. The van der Waals surface area contributed by atoms with Crippen LogP contribution >= 0.6 is 24.0 Å². The van der Waals surface area contributed by atoms with Gasteiger partial charge in [0.2, 0.25) is 15.9 Å². The average molecular weight is 532 g/mol. The molecule has 0 saturated carbocycles. The fraction of sp³-hybridized carbons (Fsp3) is 0.889. The van der Waals surface area contributed by atoms with Crippen LogP contribution in [0.1, 0.15) is 53.4 Å². The molecule has 0 unspecified atom stereocenters. The van der Waals surface area contributed by atoms with E-state index in [4.69, 9.17) is 0 Å². The summed E-state index contributed by atoms with van der Waals surface area (Å²) in [5, 5.41) is 6.56. The van der Waals surface area contributed by atoms with E-state index in [-0.39, 0.29) is 41.8 Å². The zero-order valence-corrected chi connectivity index (χ0v) is 21.2. The summed E-state index contributed by atoms with van der Waals surface area (Å²) in [7, 11) is -1.58. The number of nitrogens with one attached hydrogen (secondary N) is 3. The molecule has 1 amide bonds. The van der Waals surface area contributed by atoms with Gasteiger partial charge in [-0.25, -0.2) is 13.1 Å². The summed E-state index contributed by atoms with van der Waals surface area (Å²) < 4.78 is 25.5. The molecule has 1 rings (SSSR count). The molecule has 0 aromatic heterocycles. The molecule has 10 heteroatoms. The number of likely N-dealkylation sites (tertiary alicyclic amines) is 1. The maximum absolute atomic E-state index is 12.5. The van der Waals surface area contributed by atoms with Gasteiger partial charge in [0.15, 0.2) is 5.96 Å². The topological polar surface area (TPSA) is 103 Å². The van der Waals surface area contributed by atoms with Gasteiger partial charge in [0.05, 0.1) is 6.26 Å². The molecule has 0 aromatic rings. The van der Waals surface area contributed by atoms with Gasteiger partial charge < -0.3 is 15.5 Å². The number of carbonyl (C=O) groups excluding carboxylic acids is 1. The van der Waals surface area contributed by atoms with Gasteiger partial charge in [-0.15, -0.1) is 24.0 Å². The molecule has 1 aliphatic heterocycles. The van der Waals surface area contributed by atoms with E-state index in [1.807, 2.05) is 18.7 Å². The molecule has 8 nitrogen and oxygen atoms in total. The highest BCUT2D eigenvalue weighted by Gasteiger charge is 2.27. The van der Waals surface area contributed by atoms with Crippen LogP contribution in [0.15, 0.2) is 4.99 Å². The van der Waals surface area contributed by atoms with Gasteiger partial charge in [-0.3, -0.25) is 9.79 Å². The van der Waals surface area contributed by atoms with Crippen molar-refractivity contribution in [1.29, 1.82) is 0 Å². The predicted octanol–water partition coefficient (Wildman–Crippen LogP) is 1.52. The molecule has 0 atom stereocenters. The van der Waals surface area contributed by atoms with E-state index in [9.17, 15) is 13.2 Å². The van der Waals surface area contributed by atoms with E-state index in [0.717, 1.165) is 45.0 Å². The van der Waals surface area contributed by atoms with Gasteiger partial charge in [0.25, 0.3) is 0 Å². The van der Waals surface area contributed by atoms with Crippen LogP contribution in [-0.4, -0.2) is 69.7 Å². The zero-order chi connectivity index (χ0) is 20.7. The van der Waals surface area contributed by atoms with Crippen LogP contribution in [0.5, 0.6) is 0 Å². The molecule has 1 aliphatic rings. The Morgan fingerprint density at radius 1 is 1.21 bits per heavy atom. The van der Waals surface area contributed by atoms with E-state index in [2.05, 4.69) is 34.2 Å². The first-order valence-electron chi connectivity index (χ1n) is 9.76. The molecular weight excluding hydrogens is 493 g/mol. The van der Waals surface area contributed by atoms with Crippen LogP contribution in [0.3, 0.4) is 0 Å². The Hall–Kier alpha value is -0.620. The second-order valence-corrected chi connectivity index (χ2v) is 9.69. The molecule has 3 N–H and O–H groups in total.